The van der Waals surface area contributed by atoms with E-state index in [0.717, 1.165) is 6.42 Å². The summed E-state index contributed by atoms with van der Waals surface area (Å²) in [4.78, 5) is 34.4. The third-order valence-electron chi connectivity index (χ3n) is 3.30. The lowest BCUT2D eigenvalue weighted by atomic mass is 9.81. The number of allylic oxidation sites excluding steroid dienone is 4. The maximum atomic E-state index is 11.6. The Morgan fingerprint density at radius 1 is 1.38 bits per heavy atom. The van der Waals surface area contributed by atoms with Crippen LogP contribution in [-0.2, 0) is 19.1 Å². The lowest BCUT2D eigenvalue weighted by Crippen LogP contribution is -2.25. The molecule has 4 nitrogen and oxygen atoms in total. The zero-order valence-corrected chi connectivity index (χ0v) is 12.6. The molecule has 0 aromatic heterocycles. The van der Waals surface area contributed by atoms with E-state index >= 15 is 0 Å². The van der Waals surface area contributed by atoms with Crippen LogP contribution in [0.2, 0.25) is 0 Å². The molecule has 0 aromatic rings. The highest BCUT2D eigenvalue weighted by Gasteiger charge is 2.27. The molecule has 0 aliphatic heterocycles. The highest BCUT2D eigenvalue weighted by atomic mass is 16.5. The first-order valence-corrected chi connectivity index (χ1v) is 7.26. The second-order valence-corrected chi connectivity index (χ2v) is 5.02. The van der Waals surface area contributed by atoms with Crippen LogP contribution in [0, 0.1) is 11.8 Å². The Morgan fingerprint density at radius 2 is 2.14 bits per heavy atom. The summed E-state index contributed by atoms with van der Waals surface area (Å²) in [5, 5.41) is 0. The summed E-state index contributed by atoms with van der Waals surface area (Å²) in [7, 11) is 0. The fourth-order valence-corrected chi connectivity index (χ4v) is 2.14. The highest BCUT2D eigenvalue weighted by Crippen LogP contribution is 2.25. The number of hydrogen-bond donors (Lipinski definition) is 0. The van der Waals surface area contributed by atoms with Crippen LogP contribution in [0.3, 0.4) is 0 Å². The average molecular weight is 290 g/mol. The van der Waals surface area contributed by atoms with E-state index in [4.69, 9.17) is 4.74 Å². The smallest absolute Gasteiger partial charge is 0.330 e. The summed E-state index contributed by atoms with van der Waals surface area (Å²) in [5.41, 5.74) is 0. The first-order chi connectivity index (χ1) is 10.0. The summed E-state index contributed by atoms with van der Waals surface area (Å²) >= 11 is 0. The lowest BCUT2D eigenvalue weighted by Gasteiger charge is -2.21. The number of carbonyl (C=O) groups is 3. The molecule has 0 heterocycles. The van der Waals surface area contributed by atoms with Gasteiger partial charge in [-0.15, -0.1) is 0 Å². The summed E-state index contributed by atoms with van der Waals surface area (Å²) in [6, 6.07) is 0. The molecule has 1 rings (SSSR count). The van der Waals surface area contributed by atoms with Crippen LogP contribution < -0.4 is 0 Å². The summed E-state index contributed by atoms with van der Waals surface area (Å²) in [6.45, 7) is 3.85. The minimum absolute atomic E-state index is 0.0413. The molecule has 0 radical (unpaired) electrons. The highest BCUT2D eigenvalue weighted by molar-refractivity contribution is 5.95. The molecule has 21 heavy (non-hydrogen) atoms. The summed E-state index contributed by atoms with van der Waals surface area (Å²) < 4.78 is 5.04. The molecule has 4 heteroatoms. The maximum Gasteiger partial charge on any atom is 0.330 e. The van der Waals surface area contributed by atoms with Gasteiger partial charge in [-0.3, -0.25) is 9.59 Å². The van der Waals surface area contributed by atoms with E-state index < -0.39 is 5.97 Å². The van der Waals surface area contributed by atoms with Gasteiger partial charge < -0.3 is 4.74 Å². The van der Waals surface area contributed by atoms with Crippen LogP contribution in [0.25, 0.3) is 0 Å². The van der Waals surface area contributed by atoms with Crippen LogP contribution in [0.15, 0.2) is 36.5 Å². The second kappa shape index (κ2) is 9.06. The number of ketones is 2. The molecule has 1 aliphatic rings. The third kappa shape index (κ3) is 6.34. The molecule has 0 bridgehead atoms. The van der Waals surface area contributed by atoms with Crippen molar-refractivity contribution in [1.82, 2.24) is 0 Å². The number of esters is 1. The van der Waals surface area contributed by atoms with Gasteiger partial charge in [0.1, 0.15) is 5.78 Å². The van der Waals surface area contributed by atoms with Gasteiger partial charge in [-0.2, -0.15) is 0 Å². The second-order valence-electron chi connectivity index (χ2n) is 5.02. The fraction of sp³-hybridized carbons (Fsp3) is 0.471. The van der Waals surface area contributed by atoms with Crippen molar-refractivity contribution >= 4 is 17.5 Å². The van der Waals surface area contributed by atoms with Crippen molar-refractivity contribution in [1.29, 1.82) is 0 Å². The number of hydrogen-bond acceptors (Lipinski definition) is 4. The molecule has 2 atom stereocenters. The number of ether oxygens (including phenoxy) is 1. The molecule has 0 amide bonds. The minimum Gasteiger partial charge on any atom is -0.462 e. The van der Waals surface area contributed by atoms with E-state index in [2.05, 4.69) is 0 Å². The molecule has 114 valence electrons. The topological polar surface area (TPSA) is 60.4 Å². The van der Waals surface area contributed by atoms with E-state index in [9.17, 15) is 14.4 Å². The van der Waals surface area contributed by atoms with Crippen molar-refractivity contribution < 1.29 is 19.1 Å². The van der Waals surface area contributed by atoms with Crippen LogP contribution >= 0.6 is 0 Å². The van der Waals surface area contributed by atoms with Gasteiger partial charge in [0.25, 0.3) is 0 Å². The largest absolute Gasteiger partial charge is 0.462 e. The first kappa shape index (κ1) is 17.1. The van der Waals surface area contributed by atoms with Crippen molar-refractivity contribution in [2.75, 3.05) is 6.61 Å². The van der Waals surface area contributed by atoms with E-state index in [0.29, 0.717) is 13.0 Å². The van der Waals surface area contributed by atoms with Crippen LogP contribution in [-0.4, -0.2) is 24.1 Å². The van der Waals surface area contributed by atoms with Crippen LogP contribution in [0.5, 0.6) is 0 Å². The van der Waals surface area contributed by atoms with Gasteiger partial charge in [-0.05, 0) is 25.8 Å². The van der Waals surface area contributed by atoms with Crippen molar-refractivity contribution in [3.63, 3.8) is 0 Å². The zero-order valence-electron chi connectivity index (χ0n) is 12.6. The van der Waals surface area contributed by atoms with Crippen molar-refractivity contribution in [3.05, 3.63) is 36.5 Å². The average Bonchev–Trinajstić information content (AvgIpc) is 2.45. The van der Waals surface area contributed by atoms with Gasteiger partial charge in [0.2, 0.25) is 0 Å². The Hall–Kier alpha value is -1.97. The molecule has 2 unspecified atom stereocenters. The third-order valence-corrected chi connectivity index (χ3v) is 3.30. The maximum absolute atomic E-state index is 11.6. The lowest BCUT2D eigenvalue weighted by molar-refractivity contribution is -0.137. The molecule has 1 aliphatic carbocycles. The predicted octanol–water partition coefficient (Wildman–Crippen LogP) is 2.79. The van der Waals surface area contributed by atoms with E-state index in [1.807, 2.05) is 19.1 Å². The normalized spacial score (nSPS) is 22.1. The van der Waals surface area contributed by atoms with Crippen molar-refractivity contribution in [3.8, 4) is 0 Å². The van der Waals surface area contributed by atoms with E-state index in [1.54, 1.807) is 12.2 Å². The molecule has 0 aromatic carbocycles. The predicted molar refractivity (Wildman–Crippen MR) is 80.6 cm³/mol. The van der Waals surface area contributed by atoms with Gasteiger partial charge in [-0.25, -0.2) is 4.79 Å². The standard InChI is InChI=1S/C17H22O4/c1-3-4-5-6-11-21-17(20)10-8-14-7-9-15(19)12-16(14)13(2)18/h4-5,7-10,14,16H,3,6,11-12H2,1-2H3. The Labute approximate surface area is 125 Å². The van der Waals surface area contributed by atoms with E-state index in [1.165, 1.54) is 19.1 Å². The number of Topliss-reactive ketones (excluding diaryl/α,β-unsaturated/α-hetero) is 1. The fourth-order valence-electron chi connectivity index (χ4n) is 2.14. The molecular formula is C17H22O4. The molecule has 0 saturated heterocycles. The van der Waals surface area contributed by atoms with Gasteiger partial charge in [0.15, 0.2) is 5.78 Å². The zero-order chi connectivity index (χ0) is 15.7. The first-order valence-electron chi connectivity index (χ1n) is 7.26. The number of carbonyl (C=O) groups excluding carboxylic acids is 3. The van der Waals surface area contributed by atoms with Crippen molar-refractivity contribution in [2.24, 2.45) is 11.8 Å². The minimum atomic E-state index is -0.424. The molecule has 0 saturated carbocycles. The summed E-state index contributed by atoms with van der Waals surface area (Å²) in [6.07, 6.45) is 12.0. The van der Waals surface area contributed by atoms with Gasteiger partial charge in [0, 0.05) is 24.3 Å². The van der Waals surface area contributed by atoms with Gasteiger partial charge in [0.05, 0.1) is 6.61 Å². The van der Waals surface area contributed by atoms with E-state index in [-0.39, 0.29) is 29.8 Å². The summed E-state index contributed by atoms with van der Waals surface area (Å²) in [5.74, 6) is -1.11. The Morgan fingerprint density at radius 3 is 2.81 bits per heavy atom. The monoisotopic (exact) mass is 290 g/mol. The Balaban J connectivity index is 2.48. The van der Waals surface area contributed by atoms with Gasteiger partial charge >= 0.3 is 5.97 Å². The number of rotatable bonds is 7. The van der Waals surface area contributed by atoms with Crippen LogP contribution in [0.4, 0.5) is 0 Å². The molecule has 0 N–H and O–H groups in total. The Bertz CT molecular complexity index is 471. The molecule has 0 fully saturated rings. The Kier molecular flexibility index (Phi) is 7.37. The molecular weight excluding hydrogens is 268 g/mol. The SMILES string of the molecule is CCC=CCCOC(=O)C=CC1C=CC(=O)CC1C(C)=O. The molecule has 0 spiro atoms. The van der Waals surface area contributed by atoms with Crippen LogP contribution in [0.1, 0.15) is 33.1 Å². The van der Waals surface area contributed by atoms with Crippen molar-refractivity contribution in [2.45, 2.75) is 33.1 Å². The quantitative estimate of drug-likeness (QED) is 0.313. The van der Waals surface area contributed by atoms with Gasteiger partial charge in [-0.1, -0.05) is 31.2 Å².